The van der Waals surface area contributed by atoms with E-state index in [2.05, 4.69) is 102 Å². The van der Waals surface area contributed by atoms with Gasteiger partial charge in [-0.3, -0.25) is 4.79 Å². The van der Waals surface area contributed by atoms with Crippen LogP contribution in [-0.2, 0) is 4.79 Å². The summed E-state index contributed by atoms with van der Waals surface area (Å²) in [7, 11) is 3.48. The average molecular weight is 581 g/mol. The van der Waals surface area contributed by atoms with Gasteiger partial charge in [-0.05, 0) is 81.1 Å². The van der Waals surface area contributed by atoms with E-state index in [4.69, 9.17) is 4.74 Å². The van der Waals surface area contributed by atoms with Crippen molar-refractivity contribution in [3.63, 3.8) is 0 Å². The summed E-state index contributed by atoms with van der Waals surface area (Å²) < 4.78 is 7.14. The van der Waals surface area contributed by atoms with Crippen LogP contribution in [0.25, 0.3) is 11.1 Å². The van der Waals surface area contributed by atoms with E-state index in [9.17, 15) is 4.79 Å². The Kier molecular flexibility index (Phi) is 10.6. The van der Waals surface area contributed by atoms with Crippen molar-refractivity contribution in [1.29, 1.82) is 0 Å². The highest BCUT2D eigenvalue weighted by Crippen LogP contribution is 2.35. The number of hydrogen-bond donors (Lipinski definition) is 1. The third kappa shape index (κ3) is 8.08. The van der Waals surface area contributed by atoms with Crippen LogP contribution in [0.5, 0.6) is 5.75 Å². The zero-order chi connectivity index (χ0) is 25.0. The molecule has 0 unspecified atom stereocenters. The number of hydrogen-bond acceptors (Lipinski definition) is 3. The fourth-order valence-corrected chi connectivity index (χ4v) is 4.11. The van der Waals surface area contributed by atoms with Gasteiger partial charge in [-0.2, -0.15) is 0 Å². The maximum atomic E-state index is 11.5. The summed E-state index contributed by atoms with van der Waals surface area (Å²) >= 11 is 2.35. The van der Waals surface area contributed by atoms with Crippen molar-refractivity contribution in [2.45, 2.75) is 13.3 Å². The van der Waals surface area contributed by atoms with Crippen LogP contribution < -0.4 is 10.1 Å². The van der Waals surface area contributed by atoms with Crippen LogP contribution >= 0.6 is 22.6 Å². The highest BCUT2D eigenvalue weighted by atomic mass is 127. The van der Waals surface area contributed by atoms with Gasteiger partial charge in [0.1, 0.15) is 12.4 Å². The van der Waals surface area contributed by atoms with Gasteiger partial charge < -0.3 is 15.0 Å². The smallest absolute Gasteiger partial charge is 0.245 e. The fraction of sp³-hybridized carbons (Fsp3) is 0.233. The first-order valence-electron chi connectivity index (χ1n) is 11.9. The number of benzene rings is 3. The second-order valence-electron chi connectivity index (χ2n) is 8.29. The molecule has 3 aromatic rings. The molecule has 0 radical (unpaired) electrons. The molecule has 3 rings (SSSR count). The van der Waals surface area contributed by atoms with E-state index in [-0.39, 0.29) is 5.91 Å². The molecule has 0 atom stereocenters. The molecule has 5 heteroatoms. The summed E-state index contributed by atoms with van der Waals surface area (Å²) in [5, 5.41) is 3.26. The Bertz CT molecular complexity index is 1140. The summed E-state index contributed by atoms with van der Waals surface area (Å²) in [5.41, 5.74) is 6.21. The molecule has 0 saturated carbocycles. The van der Waals surface area contributed by atoms with E-state index in [0.29, 0.717) is 19.7 Å². The number of nitrogens with zero attached hydrogens (tertiary/aromatic N) is 1. The molecule has 0 fully saturated rings. The van der Waals surface area contributed by atoms with E-state index in [1.54, 1.807) is 25.1 Å². The minimum absolute atomic E-state index is 0.0136. The fourth-order valence-electron chi connectivity index (χ4n) is 3.75. The van der Waals surface area contributed by atoms with Crippen LogP contribution in [0.15, 0.2) is 91.0 Å². The number of carbonyl (C=O) groups is 1. The molecule has 182 valence electrons. The maximum Gasteiger partial charge on any atom is 0.245 e. The minimum atomic E-state index is -0.0136. The molecule has 0 bridgehead atoms. The highest BCUT2D eigenvalue weighted by molar-refractivity contribution is 14.1. The van der Waals surface area contributed by atoms with Crippen LogP contribution in [0.4, 0.5) is 0 Å². The van der Waals surface area contributed by atoms with Crippen LogP contribution in [-0.4, -0.2) is 44.6 Å². The van der Waals surface area contributed by atoms with Crippen molar-refractivity contribution in [3.8, 4) is 5.75 Å². The van der Waals surface area contributed by atoms with E-state index < -0.39 is 0 Å². The topological polar surface area (TPSA) is 41.6 Å². The van der Waals surface area contributed by atoms with Gasteiger partial charge in [-0.15, -0.1) is 0 Å². The molecule has 0 aromatic heterocycles. The number of ether oxygens (including phenoxy) is 1. The monoisotopic (exact) mass is 580 g/mol. The molecule has 1 N–H and O–H groups in total. The van der Waals surface area contributed by atoms with E-state index in [1.165, 1.54) is 31.4 Å². The lowest BCUT2D eigenvalue weighted by molar-refractivity contribution is -0.123. The minimum Gasteiger partial charge on any atom is -0.492 e. The van der Waals surface area contributed by atoms with Gasteiger partial charge >= 0.3 is 0 Å². The number of likely N-dealkylation sites (N-methyl/N-ethyl adjacent to an activating group) is 1. The molecule has 4 nitrogen and oxygen atoms in total. The summed E-state index contributed by atoms with van der Waals surface area (Å²) in [6, 6.07) is 27.7. The molecule has 0 aliphatic carbocycles. The first kappa shape index (κ1) is 26.7. The van der Waals surface area contributed by atoms with Gasteiger partial charge in [0.15, 0.2) is 0 Å². The molecule has 0 spiro atoms. The van der Waals surface area contributed by atoms with Crippen molar-refractivity contribution in [2.24, 2.45) is 0 Å². The number of allylic oxidation sites excluding steroid dienone is 1. The third-order valence-electron chi connectivity index (χ3n) is 5.56. The van der Waals surface area contributed by atoms with E-state index >= 15 is 0 Å². The number of nitrogens with one attached hydrogen (secondary N) is 1. The maximum absolute atomic E-state index is 11.5. The molecular weight excluding hydrogens is 547 g/mol. The van der Waals surface area contributed by atoms with Crippen LogP contribution in [0, 0.1) is 3.57 Å². The number of rotatable bonds is 11. The molecule has 3 aromatic carbocycles. The quantitative estimate of drug-likeness (QED) is 0.126. The summed E-state index contributed by atoms with van der Waals surface area (Å²) in [6.07, 6.45) is 4.34. The normalized spacial score (nSPS) is 11.9. The Morgan fingerprint density at radius 2 is 1.54 bits per heavy atom. The standard InChI is InChI=1S/C30H33IN2O2/c1-4-28(23-9-6-5-7-10-23)30(24-12-16-26(31)17-13-24)25-14-18-27(19-15-25)35-22-21-32-20-8-11-29(34)33(2)3/h5-19,32H,4,20-22H2,1-3H3/b11-8+,30-28?. The van der Waals surface area contributed by atoms with Crippen molar-refractivity contribution in [2.75, 3.05) is 33.8 Å². The molecule has 0 aliphatic rings. The predicted octanol–water partition coefficient (Wildman–Crippen LogP) is 6.27. The van der Waals surface area contributed by atoms with E-state index in [1.807, 2.05) is 18.2 Å². The number of carbonyl (C=O) groups excluding carboxylic acids is 1. The van der Waals surface area contributed by atoms with Crippen molar-refractivity contribution in [1.82, 2.24) is 10.2 Å². The van der Waals surface area contributed by atoms with Crippen molar-refractivity contribution >= 4 is 39.6 Å². The highest BCUT2D eigenvalue weighted by Gasteiger charge is 2.13. The molecule has 0 heterocycles. The first-order valence-corrected chi connectivity index (χ1v) is 12.9. The predicted molar refractivity (Wildman–Crippen MR) is 154 cm³/mol. The van der Waals surface area contributed by atoms with Crippen LogP contribution in [0.3, 0.4) is 0 Å². The summed E-state index contributed by atoms with van der Waals surface area (Å²) in [4.78, 5) is 13.1. The Labute approximate surface area is 222 Å². The number of amides is 1. The Morgan fingerprint density at radius 3 is 2.14 bits per heavy atom. The van der Waals surface area contributed by atoms with Gasteiger partial charge in [-0.25, -0.2) is 0 Å². The second-order valence-corrected chi connectivity index (χ2v) is 9.54. The average Bonchev–Trinajstić information content (AvgIpc) is 2.88. The van der Waals surface area contributed by atoms with Crippen LogP contribution in [0.2, 0.25) is 0 Å². The lowest BCUT2D eigenvalue weighted by atomic mass is 9.88. The van der Waals surface area contributed by atoms with Gasteiger partial charge in [0.25, 0.3) is 0 Å². The van der Waals surface area contributed by atoms with Crippen molar-refractivity contribution < 1.29 is 9.53 Å². The molecule has 1 amide bonds. The van der Waals surface area contributed by atoms with Crippen molar-refractivity contribution in [3.05, 3.63) is 111 Å². The van der Waals surface area contributed by atoms with Gasteiger partial charge in [0.05, 0.1) is 0 Å². The van der Waals surface area contributed by atoms with Gasteiger partial charge in [0, 0.05) is 36.8 Å². The first-order chi connectivity index (χ1) is 17.0. The van der Waals surface area contributed by atoms with Crippen LogP contribution in [0.1, 0.15) is 30.0 Å². The summed E-state index contributed by atoms with van der Waals surface area (Å²) in [5.74, 6) is 0.828. The second kappa shape index (κ2) is 13.9. The molecule has 35 heavy (non-hydrogen) atoms. The molecule has 0 saturated heterocycles. The lowest BCUT2D eigenvalue weighted by Crippen LogP contribution is -2.22. The zero-order valence-corrected chi connectivity index (χ0v) is 22.8. The van der Waals surface area contributed by atoms with E-state index in [0.717, 1.165) is 12.2 Å². The summed E-state index contributed by atoms with van der Waals surface area (Å²) in [6.45, 7) is 4.10. The lowest BCUT2D eigenvalue weighted by Gasteiger charge is -2.17. The third-order valence-corrected chi connectivity index (χ3v) is 6.28. The van der Waals surface area contributed by atoms with Gasteiger partial charge in [0.2, 0.25) is 5.91 Å². The Morgan fingerprint density at radius 1 is 0.914 bits per heavy atom. The molecular formula is C30H33IN2O2. The Balaban J connectivity index is 1.71. The Hall–Kier alpha value is -2.90. The number of halogens is 1. The van der Waals surface area contributed by atoms with Gasteiger partial charge in [-0.1, -0.05) is 67.6 Å². The zero-order valence-electron chi connectivity index (χ0n) is 20.6. The molecule has 0 aliphatic heterocycles. The SMILES string of the molecule is CCC(=C(c1ccc(I)cc1)c1ccc(OCCNC/C=C/C(=O)N(C)C)cc1)c1ccccc1. The largest absolute Gasteiger partial charge is 0.492 e.